The molecule has 16 nitrogen and oxygen atoms in total. The third-order valence-corrected chi connectivity index (χ3v) is 16.5. The van der Waals surface area contributed by atoms with Crippen molar-refractivity contribution < 1.29 is 23.2 Å². The molecule has 18 heteroatoms. The van der Waals surface area contributed by atoms with E-state index in [2.05, 4.69) is 49.0 Å². The molecule has 3 saturated heterocycles. The number of likely N-dealkylation sites (tertiary alicyclic amines) is 1. The second-order valence-electron chi connectivity index (χ2n) is 20.9. The SMILES string of the molecule is Cc1cc(C(=O)N2CCC(CN3CCN(Cc4cc5c(cc4F)n([C@@H]4CCC(=O)NC4=O)c(=O)n5C)CC3)CC2)cc(F)c1C1=CCN([C@@H](C)c2cc3c([N+]4([O-])C=CC5=C(CCN5)C4)ccnc3n2C)CC1. The summed E-state index contributed by atoms with van der Waals surface area (Å²) in [7, 11) is 3.62. The van der Waals surface area contributed by atoms with Gasteiger partial charge in [-0.2, -0.15) is 0 Å². The first kappa shape index (κ1) is 48.0. The fourth-order valence-electron chi connectivity index (χ4n) is 12.3. The largest absolute Gasteiger partial charge is 0.622 e. The Morgan fingerprint density at radius 3 is 2.42 bits per heavy atom. The van der Waals surface area contributed by atoms with Crippen molar-refractivity contribution in [3.63, 3.8) is 0 Å². The Bertz CT molecular complexity index is 3170. The number of hydrogen-bond donors (Lipinski definition) is 2. The molecule has 3 fully saturated rings. The van der Waals surface area contributed by atoms with E-state index < -0.39 is 28.1 Å². The summed E-state index contributed by atoms with van der Waals surface area (Å²) in [6, 6.07) is 9.40. The van der Waals surface area contributed by atoms with Gasteiger partial charge in [0.25, 0.3) is 5.91 Å². The maximum absolute atomic E-state index is 16.1. The predicted octanol–water partition coefficient (Wildman–Crippen LogP) is 5.89. The second-order valence-corrected chi connectivity index (χ2v) is 20.9. The second kappa shape index (κ2) is 18.9. The van der Waals surface area contributed by atoms with Crippen LogP contribution in [0.2, 0.25) is 0 Å². The van der Waals surface area contributed by atoms with Crippen LogP contribution in [0.15, 0.2) is 77.0 Å². The number of quaternary nitrogens is 1. The van der Waals surface area contributed by atoms with E-state index >= 15 is 8.78 Å². The van der Waals surface area contributed by atoms with Crippen LogP contribution in [-0.2, 0) is 30.2 Å². The van der Waals surface area contributed by atoms with E-state index in [0.29, 0.717) is 78.5 Å². The molecule has 0 bridgehead atoms. The first-order valence-corrected chi connectivity index (χ1v) is 25.5. The van der Waals surface area contributed by atoms with Gasteiger partial charge in [-0.25, -0.2) is 18.6 Å². The van der Waals surface area contributed by atoms with Crippen molar-refractivity contribution in [3.8, 4) is 0 Å². The molecule has 1 unspecified atom stereocenters. The number of carbonyl (C=O) groups is 3. The third kappa shape index (κ3) is 8.69. The quantitative estimate of drug-likeness (QED) is 0.0984. The lowest BCUT2D eigenvalue weighted by Crippen LogP contribution is -2.48. The lowest BCUT2D eigenvalue weighted by Gasteiger charge is -2.40. The molecule has 0 aliphatic carbocycles. The summed E-state index contributed by atoms with van der Waals surface area (Å²) >= 11 is 0. The van der Waals surface area contributed by atoms with Crippen LogP contribution >= 0.6 is 0 Å². The zero-order chi connectivity index (χ0) is 50.2. The number of halogens is 2. The van der Waals surface area contributed by atoms with Gasteiger partial charge >= 0.3 is 5.69 Å². The van der Waals surface area contributed by atoms with Crippen LogP contribution in [0, 0.1) is 29.7 Å². The molecule has 5 aromatic rings. The molecular formula is C54H63F2N11O5. The molecule has 0 radical (unpaired) electrons. The van der Waals surface area contributed by atoms with Crippen LogP contribution in [0.3, 0.4) is 0 Å². The summed E-state index contributed by atoms with van der Waals surface area (Å²) in [5.74, 6) is -1.47. The van der Waals surface area contributed by atoms with E-state index in [1.807, 2.05) is 37.1 Å². The molecule has 2 N–H and O–H groups in total. The molecule has 11 rings (SSSR count). The summed E-state index contributed by atoms with van der Waals surface area (Å²) in [4.78, 5) is 65.0. The molecule has 6 aliphatic rings. The van der Waals surface area contributed by atoms with E-state index in [1.54, 1.807) is 25.5 Å². The van der Waals surface area contributed by atoms with Gasteiger partial charge < -0.3 is 24.9 Å². The number of nitrogens with one attached hydrogen (secondary N) is 2. The number of nitrogens with zero attached hydrogens (tertiary/aromatic N) is 9. The highest BCUT2D eigenvalue weighted by atomic mass is 19.1. The van der Waals surface area contributed by atoms with Crippen molar-refractivity contribution in [1.82, 2.24) is 53.6 Å². The van der Waals surface area contributed by atoms with Crippen LogP contribution in [0.25, 0.3) is 27.6 Å². The topological polar surface area (TPSA) is 156 Å². The summed E-state index contributed by atoms with van der Waals surface area (Å²) in [6.07, 6.45) is 11.1. The van der Waals surface area contributed by atoms with Crippen LogP contribution in [0.5, 0.6) is 0 Å². The lowest BCUT2D eigenvalue weighted by atomic mass is 9.92. The van der Waals surface area contributed by atoms with Gasteiger partial charge in [0.2, 0.25) is 11.8 Å². The Morgan fingerprint density at radius 1 is 0.903 bits per heavy atom. The molecular weight excluding hydrogens is 921 g/mol. The highest BCUT2D eigenvalue weighted by Gasteiger charge is 2.35. The molecule has 9 heterocycles. The van der Waals surface area contributed by atoms with Gasteiger partial charge in [-0.3, -0.25) is 43.3 Å². The summed E-state index contributed by atoms with van der Waals surface area (Å²) in [6.45, 7) is 12.3. The molecule has 0 saturated carbocycles. The maximum Gasteiger partial charge on any atom is 0.329 e. The average molecular weight is 984 g/mol. The van der Waals surface area contributed by atoms with Crippen molar-refractivity contribution in [2.75, 3.05) is 72.0 Å². The number of aryl methyl sites for hydroxylation is 3. The van der Waals surface area contributed by atoms with Gasteiger partial charge in [-0.05, 0) is 87.3 Å². The van der Waals surface area contributed by atoms with E-state index in [-0.39, 0.29) is 36.5 Å². The first-order valence-electron chi connectivity index (χ1n) is 25.5. The van der Waals surface area contributed by atoms with Gasteiger partial charge in [0.1, 0.15) is 41.8 Å². The Kier molecular flexibility index (Phi) is 12.6. The first-order chi connectivity index (χ1) is 34.6. The number of piperazine rings is 1. The molecule has 3 amide bonds. The Morgan fingerprint density at radius 2 is 1.68 bits per heavy atom. The summed E-state index contributed by atoms with van der Waals surface area (Å²) in [5, 5.41) is 20.8. The minimum atomic E-state index is -0.874. The van der Waals surface area contributed by atoms with Gasteiger partial charge in [0.15, 0.2) is 0 Å². The van der Waals surface area contributed by atoms with Crippen molar-refractivity contribution in [2.45, 2.75) is 71.0 Å². The number of hydroxylamine groups is 2. The molecule has 3 aromatic heterocycles. The number of aromatic nitrogens is 4. The molecule has 0 spiro atoms. The number of piperidine rings is 2. The highest BCUT2D eigenvalue weighted by molar-refractivity contribution is 6.00. The monoisotopic (exact) mass is 983 g/mol. The van der Waals surface area contributed by atoms with E-state index in [0.717, 1.165) is 104 Å². The normalized spacial score (nSPS) is 23.2. The Hall–Kier alpha value is -6.31. The van der Waals surface area contributed by atoms with Crippen LogP contribution in [0.4, 0.5) is 14.5 Å². The number of allylic oxidation sites excluding steroid dienone is 1. The predicted molar refractivity (Wildman–Crippen MR) is 272 cm³/mol. The highest BCUT2D eigenvalue weighted by Crippen LogP contribution is 2.40. The van der Waals surface area contributed by atoms with Gasteiger partial charge in [0.05, 0.1) is 16.4 Å². The zero-order valence-corrected chi connectivity index (χ0v) is 41.6. The number of fused-ring (bicyclic) bond motifs is 2. The van der Waals surface area contributed by atoms with E-state index in [4.69, 9.17) is 4.98 Å². The fraction of sp³-hybridized carbons (Fsp3) is 0.463. The van der Waals surface area contributed by atoms with Gasteiger partial charge in [-0.15, -0.1) is 0 Å². The van der Waals surface area contributed by atoms with Crippen LogP contribution < -0.4 is 21.0 Å². The van der Waals surface area contributed by atoms with Gasteiger partial charge in [0, 0.05) is 157 Å². The van der Waals surface area contributed by atoms with E-state index in [9.17, 15) is 24.4 Å². The van der Waals surface area contributed by atoms with Crippen molar-refractivity contribution >= 4 is 51.0 Å². The fourth-order valence-corrected chi connectivity index (χ4v) is 12.3. The van der Waals surface area contributed by atoms with Crippen LogP contribution in [-0.4, -0.2) is 128 Å². The summed E-state index contributed by atoms with van der Waals surface area (Å²) in [5.41, 5.74) is 8.34. The standard InChI is InChI=1S/C54H63F2N11O5/c1-33-25-38(26-42(56)50(33)36-11-18-64(19-12-36)34(2)45-28-40-48(8-15-58-51(40)60(45)3)67(72)24-13-43-37(32-67)7-14-57-43)53(70)65-16-9-35(10-17-65)30-62-20-22-63(23-21-62)31-39-27-46-47(29-41(39)55)66(54(71)61(46)4)44-5-6-49(68)59-52(44)69/h8,11,13,15,24-29,34-35,44,57H,5-7,9-10,12,14,16-23,30-32H2,1-4H3,(H,59,68,69)/t34-,44+,67?/m0/s1. The molecule has 2 aromatic carbocycles. The molecule has 72 heavy (non-hydrogen) atoms. The van der Waals surface area contributed by atoms with Gasteiger partial charge in [-0.1, -0.05) is 6.08 Å². The third-order valence-electron chi connectivity index (χ3n) is 16.5. The minimum Gasteiger partial charge on any atom is -0.622 e. The number of amides is 3. The number of pyridine rings is 1. The number of imide groups is 1. The molecule has 6 aliphatic heterocycles. The number of benzene rings is 2. The Labute approximate surface area is 417 Å². The number of carbonyl (C=O) groups excluding carboxylic acids is 3. The number of rotatable bonds is 10. The van der Waals surface area contributed by atoms with Crippen molar-refractivity contribution in [2.24, 2.45) is 20.0 Å². The number of imidazole rings is 1. The van der Waals surface area contributed by atoms with Crippen molar-refractivity contribution in [3.05, 3.63) is 127 Å². The maximum atomic E-state index is 16.1. The van der Waals surface area contributed by atoms with Crippen LogP contribution in [0.1, 0.15) is 90.3 Å². The average Bonchev–Trinajstić information content (AvgIpc) is 4.04. The Balaban J connectivity index is 0.669. The smallest absolute Gasteiger partial charge is 0.329 e. The minimum absolute atomic E-state index is 0.0167. The van der Waals surface area contributed by atoms with E-state index in [1.165, 1.54) is 21.3 Å². The zero-order valence-electron chi connectivity index (χ0n) is 41.6. The van der Waals surface area contributed by atoms with Crippen molar-refractivity contribution in [1.29, 1.82) is 0 Å². The molecule has 3 atom stereocenters. The summed E-state index contributed by atoms with van der Waals surface area (Å²) < 4.78 is 36.1. The number of hydrogen-bond acceptors (Lipinski definition) is 10. The molecule has 378 valence electrons. The lowest BCUT2D eigenvalue weighted by molar-refractivity contribution is -0.135.